The Morgan fingerprint density at radius 1 is 1.16 bits per heavy atom. The maximum absolute atomic E-state index is 12.5. The molecule has 0 aliphatic rings. The molecular weight excluding hydrogens is 318 g/mol. The van der Waals surface area contributed by atoms with Gasteiger partial charge in [-0.05, 0) is 31.6 Å². The van der Waals surface area contributed by atoms with Crippen LogP contribution < -0.4 is 0 Å². The summed E-state index contributed by atoms with van der Waals surface area (Å²) in [6, 6.07) is 6.91. The number of carbonyl (C=O) groups is 1. The number of aliphatic hydroxyl groups is 1. The molecule has 1 atom stereocenters. The maximum Gasteiger partial charge on any atom is 0.231 e. The summed E-state index contributed by atoms with van der Waals surface area (Å²) in [7, 11) is 0. The molecule has 1 aromatic heterocycles. The summed E-state index contributed by atoms with van der Waals surface area (Å²) in [5.74, 6) is -0.923. The van der Waals surface area contributed by atoms with Crippen molar-refractivity contribution in [2.75, 3.05) is 19.6 Å². The van der Waals surface area contributed by atoms with Crippen molar-refractivity contribution in [2.45, 2.75) is 52.1 Å². The molecule has 1 unspecified atom stereocenters. The number of fused-ring (bicyclic) bond motifs is 1. The lowest BCUT2D eigenvalue weighted by atomic mass is 10.1. The molecule has 0 saturated heterocycles. The van der Waals surface area contributed by atoms with Gasteiger partial charge >= 0.3 is 0 Å². The number of rotatable bonds is 11. The minimum absolute atomic E-state index is 0.160. The number of aromatic hydroxyl groups is 1. The standard InChI is InChI=1S/C20H29NO4/c1-3-5-6-7-10-13-21(4-2)14-16(22)19(24)20-18(23)15-11-8-9-12-17(15)25-20/h8-9,11-12,16,22-23H,3-7,10,13-14H2,1-2H3. The van der Waals surface area contributed by atoms with E-state index in [2.05, 4.69) is 11.8 Å². The van der Waals surface area contributed by atoms with E-state index in [-0.39, 0.29) is 18.1 Å². The molecule has 1 aromatic carbocycles. The summed E-state index contributed by atoms with van der Waals surface area (Å²) < 4.78 is 5.44. The lowest BCUT2D eigenvalue weighted by molar-refractivity contribution is 0.0617. The van der Waals surface area contributed by atoms with Crippen molar-refractivity contribution in [1.29, 1.82) is 0 Å². The normalized spacial score (nSPS) is 12.8. The highest BCUT2D eigenvalue weighted by molar-refractivity contribution is 6.04. The van der Waals surface area contributed by atoms with Gasteiger partial charge < -0.3 is 19.5 Å². The molecule has 0 aliphatic heterocycles. The highest BCUT2D eigenvalue weighted by Gasteiger charge is 2.27. The van der Waals surface area contributed by atoms with E-state index in [0.29, 0.717) is 11.0 Å². The number of hydrogen-bond donors (Lipinski definition) is 2. The van der Waals surface area contributed by atoms with Crippen LogP contribution in [0.2, 0.25) is 0 Å². The Morgan fingerprint density at radius 2 is 1.88 bits per heavy atom. The first-order valence-corrected chi connectivity index (χ1v) is 9.23. The van der Waals surface area contributed by atoms with Gasteiger partial charge in [0.15, 0.2) is 5.75 Å². The van der Waals surface area contributed by atoms with Crippen molar-refractivity contribution in [2.24, 2.45) is 0 Å². The van der Waals surface area contributed by atoms with Gasteiger partial charge in [0, 0.05) is 6.54 Å². The largest absolute Gasteiger partial charge is 0.504 e. The van der Waals surface area contributed by atoms with Gasteiger partial charge in [0.1, 0.15) is 11.7 Å². The summed E-state index contributed by atoms with van der Waals surface area (Å²) in [5.41, 5.74) is 0.443. The molecule has 138 valence electrons. The van der Waals surface area contributed by atoms with E-state index in [1.807, 2.05) is 6.92 Å². The zero-order valence-electron chi connectivity index (χ0n) is 15.2. The van der Waals surface area contributed by atoms with Crippen LogP contribution in [0.3, 0.4) is 0 Å². The van der Waals surface area contributed by atoms with Crippen LogP contribution in [-0.4, -0.2) is 46.6 Å². The van der Waals surface area contributed by atoms with Crippen molar-refractivity contribution >= 4 is 16.8 Å². The average Bonchev–Trinajstić information content (AvgIpc) is 2.96. The third-order valence-corrected chi connectivity index (χ3v) is 4.55. The van der Waals surface area contributed by atoms with Crippen LogP contribution in [0.1, 0.15) is 56.5 Å². The van der Waals surface area contributed by atoms with E-state index in [4.69, 9.17) is 4.42 Å². The van der Waals surface area contributed by atoms with Gasteiger partial charge in [-0.2, -0.15) is 0 Å². The van der Waals surface area contributed by atoms with E-state index in [9.17, 15) is 15.0 Å². The number of benzene rings is 1. The summed E-state index contributed by atoms with van der Waals surface area (Å²) in [5, 5.41) is 21.0. The Bertz CT molecular complexity index is 679. The predicted octanol–water partition coefficient (Wildman–Crippen LogP) is 3.97. The van der Waals surface area contributed by atoms with E-state index in [1.165, 1.54) is 25.7 Å². The van der Waals surface area contributed by atoms with E-state index in [0.717, 1.165) is 19.5 Å². The Kier molecular flexibility index (Phi) is 7.47. The van der Waals surface area contributed by atoms with Crippen LogP contribution >= 0.6 is 0 Å². The summed E-state index contributed by atoms with van der Waals surface area (Å²) in [4.78, 5) is 14.5. The number of likely N-dealkylation sites (N-methyl/N-ethyl adjacent to an activating group) is 1. The number of hydrogen-bond acceptors (Lipinski definition) is 5. The lowest BCUT2D eigenvalue weighted by Crippen LogP contribution is -2.37. The molecule has 2 N–H and O–H groups in total. The van der Waals surface area contributed by atoms with Crippen molar-refractivity contribution in [1.82, 2.24) is 4.90 Å². The third kappa shape index (κ3) is 5.06. The van der Waals surface area contributed by atoms with E-state index < -0.39 is 11.9 Å². The predicted molar refractivity (Wildman–Crippen MR) is 99.1 cm³/mol. The first kappa shape index (κ1) is 19.5. The molecule has 5 heteroatoms. The number of Topliss-reactive ketones (excluding diaryl/α,β-unsaturated/α-hetero) is 1. The van der Waals surface area contributed by atoms with Gasteiger partial charge in [-0.25, -0.2) is 0 Å². The number of nitrogens with zero attached hydrogens (tertiary/aromatic N) is 1. The monoisotopic (exact) mass is 347 g/mol. The summed E-state index contributed by atoms with van der Waals surface area (Å²) in [6.07, 6.45) is 4.71. The second-order valence-corrected chi connectivity index (χ2v) is 6.46. The molecule has 0 fully saturated rings. The Balaban J connectivity index is 1.94. The maximum atomic E-state index is 12.5. The SMILES string of the molecule is CCCCCCCN(CC)CC(O)C(=O)c1oc2ccccc2c1O. The summed E-state index contributed by atoms with van der Waals surface area (Å²) >= 11 is 0. The number of para-hydroxylation sites is 1. The molecule has 0 saturated carbocycles. The number of carbonyl (C=O) groups excluding carboxylic acids is 1. The minimum Gasteiger partial charge on any atom is -0.504 e. The highest BCUT2D eigenvalue weighted by atomic mass is 16.4. The molecule has 0 aliphatic carbocycles. The molecule has 0 bridgehead atoms. The molecule has 0 spiro atoms. The number of furan rings is 1. The van der Waals surface area contributed by atoms with E-state index >= 15 is 0 Å². The smallest absolute Gasteiger partial charge is 0.231 e. The second-order valence-electron chi connectivity index (χ2n) is 6.46. The van der Waals surface area contributed by atoms with Gasteiger partial charge in [-0.3, -0.25) is 4.79 Å². The van der Waals surface area contributed by atoms with Crippen LogP contribution in [0.25, 0.3) is 11.0 Å². The number of ketones is 1. The van der Waals surface area contributed by atoms with Crippen LogP contribution in [0.5, 0.6) is 5.75 Å². The Labute approximate surface area is 149 Å². The molecular formula is C20H29NO4. The van der Waals surface area contributed by atoms with Gasteiger partial charge in [0.2, 0.25) is 11.5 Å². The number of unbranched alkanes of at least 4 members (excludes halogenated alkanes) is 4. The molecule has 0 radical (unpaired) electrons. The van der Waals surface area contributed by atoms with Gasteiger partial charge in [0.25, 0.3) is 0 Å². The minimum atomic E-state index is -1.21. The van der Waals surface area contributed by atoms with Crippen LogP contribution in [0.4, 0.5) is 0 Å². The second kappa shape index (κ2) is 9.59. The van der Waals surface area contributed by atoms with Crippen LogP contribution in [-0.2, 0) is 0 Å². The fourth-order valence-electron chi connectivity index (χ4n) is 3.00. The van der Waals surface area contributed by atoms with Gasteiger partial charge in [0.05, 0.1) is 5.39 Å². The van der Waals surface area contributed by atoms with Gasteiger partial charge in [-0.1, -0.05) is 51.7 Å². The van der Waals surface area contributed by atoms with Gasteiger partial charge in [-0.15, -0.1) is 0 Å². The molecule has 25 heavy (non-hydrogen) atoms. The molecule has 2 rings (SSSR count). The van der Waals surface area contributed by atoms with Crippen molar-refractivity contribution in [3.63, 3.8) is 0 Å². The first-order valence-electron chi connectivity index (χ1n) is 9.23. The van der Waals surface area contributed by atoms with E-state index in [1.54, 1.807) is 24.3 Å². The van der Waals surface area contributed by atoms with Crippen LogP contribution in [0, 0.1) is 0 Å². The first-order chi connectivity index (χ1) is 12.1. The zero-order valence-corrected chi connectivity index (χ0v) is 15.2. The van der Waals surface area contributed by atoms with Crippen LogP contribution in [0.15, 0.2) is 28.7 Å². The fraction of sp³-hybridized carbons (Fsp3) is 0.550. The van der Waals surface area contributed by atoms with Crippen molar-refractivity contribution in [3.8, 4) is 5.75 Å². The quantitative estimate of drug-likeness (QED) is 0.475. The molecule has 0 amide bonds. The Morgan fingerprint density at radius 3 is 2.56 bits per heavy atom. The third-order valence-electron chi connectivity index (χ3n) is 4.55. The average molecular weight is 347 g/mol. The van der Waals surface area contributed by atoms with Crippen molar-refractivity contribution in [3.05, 3.63) is 30.0 Å². The Hall–Kier alpha value is -1.85. The zero-order chi connectivity index (χ0) is 18.2. The summed E-state index contributed by atoms with van der Waals surface area (Å²) in [6.45, 7) is 6.08. The topological polar surface area (TPSA) is 73.9 Å². The lowest BCUT2D eigenvalue weighted by Gasteiger charge is -2.22. The molecule has 2 aromatic rings. The molecule has 1 heterocycles. The van der Waals surface area contributed by atoms with Crippen molar-refractivity contribution < 1.29 is 19.4 Å². The highest BCUT2D eigenvalue weighted by Crippen LogP contribution is 2.32. The number of aliphatic hydroxyl groups excluding tert-OH is 1. The fourth-order valence-corrected chi connectivity index (χ4v) is 3.00. The molecule has 5 nitrogen and oxygen atoms in total.